The highest BCUT2D eigenvalue weighted by atomic mass is 16.5. The van der Waals surface area contributed by atoms with Gasteiger partial charge < -0.3 is 4.74 Å². The van der Waals surface area contributed by atoms with Crippen molar-refractivity contribution in [1.82, 2.24) is 15.2 Å². The van der Waals surface area contributed by atoms with Gasteiger partial charge in [-0.05, 0) is 61.8 Å². The Morgan fingerprint density at radius 3 is 2.60 bits per heavy atom. The van der Waals surface area contributed by atoms with E-state index in [0.29, 0.717) is 13.2 Å². The average Bonchev–Trinajstić information content (AvgIpc) is 3.48. The first-order valence-corrected chi connectivity index (χ1v) is 11.2. The van der Waals surface area contributed by atoms with Crippen LogP contribution >= 0.6 is 0 Å². The Kier molecular flexibility index (Phi) is 5.23. The molecule has 0 spiro atoms. The zero-order valence-corrected chi connectivity index (χ0v) is 18.0. The lowest BCUT2D eigenvalue weighted by atomic mass is 9.76. The number of hydrogen-bond donors (Lipinski definition) is 1. The highest BCUT2D eigenvalue weighted by Gasteiger charge is 2.42. The molecule has 2 aliphatic carbocycles. The first-order valence-electron chi connectivity index (χ1n) is 11.2. The van der Waals surface area contributed by atoms with Crippen molar-refractivity contribution in [2.24, 2.45) is 15.4 Å². The van der Waals surface area contributed by atoms with Crippen LogP contribution in [0.2, 0.25) is 0 Å². The summed E-state index contributed by atoms with van der Waals surface area (Å²) in [6.45, 7) is 3.32. The zero-order valence-electron chi connectivity index (χ0n) is 18.0. The van der Waals surface area contributed by atoms with Gasteiger partial charge in [0.25, 0.3) is 0 Å². The normalized spacial score (nSPS) is 20.3. The predicted molar refractivity (Wildman–Crippen MR) is 116 cm³/mol. The molecule has 2 aromatic rings. The summed E-state index contributed by atoms with van der Waals surface area (Å²) in [5, 5.41) is 20.3. The number of fused-ring (bicyclic) bond motifs is 1. The summed E-state index contributed by atoms with van der Waals surface area (Å²) in [6, 6.07) is 0. The molecule has 1 N–H and O–H groups in total. The molecule has 30 heavy (non-hydrogen) atoms. The summed E-state index contributed by atoms with van der Waals surface area (Å²) in [7, 11) is 1.81. The van der Waals surface area contributed by atoms with Crippen molar-refractivity contribution < 1.29 is 4.74 Å². The summed E-state index contributed by atoms with van der Waals surface area (Å²) >= 11 is 0. The quantitative estimate of drug-likeness (QED) is 0.732. The highest BCUT2D eigenvalue weighted by molar-refractivity contribution is 6.09. The van der Waals surface area contributed by atoms with E-state index in [1.165, 1.54) is 48.9 Å². The molecule has 2 aromatic heterocycles. The molecule has 0 aromatic carbocycles. The van der Waals surface area contributed by atoms with Gasteiger partial charge >= 0.3 is 0 Å². The summed E-state index contributed by atoms with van der Waals surface area (Å²) in [5.41, 5.74) is 9.23. The van der Waals surface area contributed by atoms with E-state index in [-0.39, 0.29) is 5.41 Å². The van der Waals surface area contributed by atoms with E-state index < -0.39 is 0 Å². The van der Waals surface area contributed by atoms with Gasteiger partial charge in [0.1, 0.15) is 6.54 Å². The fourth-order valence-corrected chi connectivity index (χ4v) is 5.58. The first kappa shape index (κ1) is 19.5. The van der Waals surface area contributed by atoms with Crippen LogP contribution in [0.4, 0.5) is 0 Å². The molecule has 1 saturated carbocycles. The molecule has 1 aliphatic heterocycles. The van der Waals surface area contributed by atoms with Crippen molar-refractivity contribution in [3.63, 3.8) is 0 Å². The standard InChI is InChI=1S/C23H30N6O/c1-15-12-24-28-21(15)19-16-8-4-3-5-9-17(16)26-22(20(19)18-13-25-29-27-18)23(14-30-2)10-6-7-11-23/h12H,3-11,13-14H2,1-2H3,(H,24,28). The summed E-state index contributed by atoms with van der Waals surface area (Å²) in [5.74, 6) is 0. The maximum Gasteiger partial charge on any atom is 0.107 e. The number of aryl methyl sites for hydroxylation is 2. The van der Waals surface area contributed by atoms with Gasteiger partial charge in [-0.15, -0.1) is 5.10 Å². The molecule has 5 rings (SSSR count). The number of H-pyrrole nitrogens is 1. The van der Waals surface area contributed by atoms with Crippen LogP contribution in [0.5, 0.6) is 0 Å². The van der Waals surface area contributed by atoms with Crippen molar-refractivity contribution in [1.29, 1.82) is 0 Å². The van der Waals surface area contributed by atoms with Crippen LogP contribution in [0.25, 0.3) is 11.3 Å². The van der Waals surface area contributed by atoms with Gasteiger partial charge in [0.2, 0.25) is 0 Å². The minimum atomic E-state index is -0.0702. The third-order valence-corrected chi connectivity index (χ3v) is 7.02. The number of pyridine rings is 1. The minimum absolute atomic E-state index is 0.0702. The third kappa shape index (κ3) is 3.20. The fourth-order valence-electron chi connectivity index (χ4n) is 5.58. The van der Waals surface area contributed by atoms with E-state index in [4.69, 9.17) is 9.72 Å². The van der Waals surface area contributed by atoms with E-state index in [1.54, 1.807) is 7.11 Å². The lowest BCUT2D eigenvalue weighted by molar-refractivity contribution is 0.129. The second-order valence-electron chi connectivity index (χ2n) is 8.98. The van der Waals surface area contributed by atoms with Crippen molar-refractivity contribution in [3.8, 4) is 11.3 Å². The lowest BCUT2D eigenvalue weighted by Crippen LogP contribution is -2.33. The van der Waals surface area contributed by atoms with E-state index in [9.17, 15) is 0 Å². The molecule has 7 heteroatoms. The van der Waals surface area contributed by atoms with Crippen LogP contribution in [0, 0.1) is 6.92 Å². The number of ether oxygens (including phenoxy) is 1. The molecule has 3 heterocycles. The molecule has 158 valence electrons. The maximum absolute atomic E-state index is 5.78. The number of aromatic amines is 1. The molecule has 0 radical (unpaired) electrons. The van der Waals surface area contributed by atoms with E-state index in [0.717, 1.165) is 53.9 Å². The molecular weight excluding hydrogens is 376 g/mol. The fraction of sp³-hybridized carbons (Fsp3) is 0.609. The molecule has 0 bridgehead atoms. The molecule has 0 amide bonds. The molecule has 0 unspecified atom stereocenters. The average molecular weight is 407 g/mol. The van der Waals surface area contributed by atoms with Crippen LogP contribution < -0.4 is 0 Å². The molecule has 0 atom stereocenters. The number of methoxy groups -OCH3 is 1. The van der Waals surface area contributed by atoms with Crippen molar-refractivity contribution >= 4 is 5.71 Å². The number of aromatic nitrogens is 3. The SMILES string of the molecule is COCC1(c2nc3c(c(-c4[nH]ncc4C)c2C2=NN=NC2)CCCCC3)CCCC1. The minimum Gasteiger partial charge on any atom is -0.384 e. The first-order chi connectivity index (χ1) is 14.7. The second kappa shape index (κ2) is 8.02. The zero-order chi connectivity index (χ0) is 20.6. The Morgan fingerprint density at radius 2 is 1.90 bits per heavy atom. The maximum atomic E-state index is 5.78. The monoisotopic (exact) mass is 406 g/mol. The summed E-state index contributed by atoms with van der Waals surface area (Å²) in [6.07, 6.45) is 12.2. The molecule has 1 fully saturated rings. The Hall–Kier alpha value is -2.41. The van der Waals surface area contributed by atoms with Gasteiger partial charge in [-0.2, -0.15) is 10.2 Å². The topological polar surface area (TPSA) is 87.9 Å². The molecule has 7 nitrogen and oxygen atoms in total. The number of rotatable bonds is 5. The van der Waals surface area contributed by atoms with Crippen LogP contribution in [-0.4, -0.2) is 41.2 Å². The predicted octanol–water partition coefficient (Wildman–Crippen LogP) is 4.68. The smallest absolute Gasteiger partial charge is 0.107 e. The van der Waals surface area contributed by atoms with Crippen molar-refractivity contribution in [3.05, 3.63) is 34.3 Å². The Balaban J connectivity index is 1.84. The van der Waals surface area contributed by atoms with E-state index in [1.807, 2.05) is 6.20 Å². The van der Waals surface area contributed by atoms with Gasteiger partial charge in [0, 0.05) is 29.3 Å². The van der Waals surface area contributed by atoms with Crippen LogP contribution in [0.1, 0.15) is 73.0 Å². The van der Waals surface area contributed by atoms with Gasteiger partial charge in [-0.1, -0.05) is 19.3 Å². The largest absolute Gasteiger partial charge is 0.384 e. The lowest BCUT2D eigenvalue weighted by Gasteiger charge is -2.32. The van der Waals surface area contributed by atoms with Crippen LogP contribution in [0.3, 0.4) is 0 Å². The molecule has 0 saturated heterocycles. The van der Waals surface area contributed by atoms with Gasteiger partial charge in [0.05, 0.1) is 29.9 Å². The van der Waals surface area contributed by atoms with Gasteiger partial charge in [-0.25, -0.2) is 0 Å². The van der Waals surface area contributed by atoms with E-state index in [2.05, 4.69) is 32.6 Å². The number of nitrogens with zero attached hydrogens (tertiary/aromatic N) is 5. The third-order valence-electron chi connectivity index (χ3n) is 7.02. The van der Waals surface area contributed by atoms with Gasteiger partial charge in [-0.3, -0.25) is 10.1 Å². The number of hydrogen-bond acceptors (Lipinski definition) is 6. The van der Waals surface area contributed by atoms with Crippen LogP contribution in [-0.2, 0) is 23.0 Å². The Labute approximate surface area is 177 Å². The Morgan fingerprint density at radius 1 is 1.07 bits per heavy atom. The molecular formula is C23H30N6O. The molecule has 3 aliphatic rings. The van der Waals surface area contributed by atoms with Gasteiger partial charge in [0.15, 0.2) is 0 Å². The van der Waals surface area contributed by atoms with Crippen molar-refractivity contribution in [2.75, 3.05) is 20.3 Å². The Bertz CT molecular complexity index is 999. The second-order valence-corrected chi connectivity index (χ2v) is 8.98. The van der Waals surface area contributed by atoms with Crippen molar-refractivity contribution in [2.45, 2.75) is 70.1 Å². The highest BCUT2D eigenvalue weighted by Crippen LogP contribution is 2.46. The van der Waals surface area contributed by atoms with Crippen LogP contribution in [0.15, 0.2) is 21.6 Å². The summed E-state index contributed by atoms with van der Waals surface area (Å²) < 4.78 is 5.78. The summed E-state index contributed by atoms with van der Waals surface area (Å²) in [4.78, 5) is 5.41. The van der Waals surface area contributed by atoms with E-state index >= 15 is 0 Å². The number of nitrogens with one attached hydrogen (secondary N) is 1.